The zero-order chi connectivity index (χ0) is 16.4. The summed E-state index contributed by atoms with van der Waals surface area (Å²) in [5.41, 5.74) is 1.77. The molecule has 1 fully saturated rings. The Bertz CT molecular complexity index is 697. The molecule has 0 radical (unpaired) electrons. The second kappa shape index (κ2) is 6.59. The Morgan fingerprint density at radius 3 is 2.74 bits per heavy atom. The van der Waals surface area contributed by atoms with Gasteiger partial charge >= 0.3 is 0 Å². The van der Waals surface area contributed by atoms with Crippen molar-refractivity contribution in [3.05, 3.63) is 23.8 Å². The number of rotatable bonds is 3. The van der Waals surface area contributed by atoms with Gasteiger partial charge in [-0.25, -0.2) is 13.1 Å². The fourth-order valence-corrected chi connectivity index (χ4v) is 4.60. The molecule has 3 rings (SSSR count). The summed E-state index contributed by atoms with van der Waals surface area (Å²) in [4.78, 5) is 13.7. The van der Waals surface area contributed by atoms with Crippen LogP contribution in [0.3, 0.4) is 0 Å². The number of hydrogen-bond donors (Lipinski definition) is 2. The first-order valence-electron chi connectivity index (χ1n) is 8.11. The second-order valence-corrected chi connectivity index (χ2v) is 7.92. The molecule has 2 aliphatic heterocycles. The number of amides is 1. The van der Waals surface area contributed by atoms with Gasteiger partial charge in [0.05, 0.1) is 4.90 Å². The number of nitrogens with one attached hydrogen (secondary N) is 2. The summed E-state index contributed by atoms with van der Waals surface area (Å²) >= 11 is 0. The van der Waals surface area contributed by atoms with Crippen molar-refractivity contribution in [2.75, 3.05) is 24.5 Å². The molecule has 0 aromatic heterocycles. The molecular formula is C16H23N3O3S. The molecule has 1 amide bonds. The Balaban J connectivity index is 1.87. The molecule has 126 valence electrons. The predicted molar refractivity (Wildman–Crippen MR) is 89.0 cm³/mol. The van der Waals surface area contributed by atoms with Crippen LogP contribution in [0.1, 0.15) is 31.7 Å². The molecule has 2 N–H and O–H groups in total. The Kier molecular flexibility index (Phi) is 4.70. The van der Waals surface area contributed by atoms with Crippen molar-refractivity contribution in [2.24, 2.45) is 0 Å². The molecule has 2 heterocycles. The Morgan fingerprint density at radius 1 is 1.30 bits per heavy atom. The van der Waals surface area contributed by atoms with Crippen LogP contribution in [0, 0.1) is 0 Å². The van der Waals surface area contributed by atoms with E-state index in [1.54, 1.807) is 17.0 Å². The van der Waals surface area contributed by atoms with Gasteiger partial charge in [-0.3, -0.25) is 4.79 Å². The Morgan fingerprint density at radius 2 is 2.04 bits per heavy atom. The fourth-order valence-electron chi connectivity index (χ4n) is 3.28. The fraction of sp³-hybridized carbons (Fsp3) is 0.562. The van der Waals surface area contributed by atoms with Gasteiger partial charge in [0.2, 0.25) is 15.9 Å². The molecule has 0 saturated carbocycles. The van der Waals surface area contributed by atoms with Crippen molar-refractivity contribution < 1.29 is 13.2 Å². The minimum atomic E-state index is -3.56. The number of anilines is 1. The monoisotopic (exact) mass is 337 g/mol. The van der Waals surface area contributed by atoms with Crippen molar-refractivity contribution >= 4 is 21.6 Å². The predicted octanol–water partition coefficient (Wildman–Crippen LogP) is 1.02. The van der Waals surface area contributed by atoms with Crippen molar-refractivity contribution in [1.82, 2.24) is 10.0 Å². The van der Waals surface area contributed by atoms with Gasteiger partial charge in [-0.1, -0.05) is 6.07 Å². The standard InChI is InChI=1S/C16H23N3O3S/c1-12(20)19-10-2-3-13-4-5-15(11-16(13)19)23(21,22)18-14-6-8-17-9-7-14/h4-5,11,14,17-18H,2-3,6-10H2,1H3. The lowest BCUT2D eigenvalue weighted by molar-refractivity contribution is -0.116. The number of sulfonamides is 1. The first-order chi connectivity index (χ1) is 11.0. The average Bonchev–Trinajstić information content (AvgIpc) is 2.54. The lowest BCUT2D eigenvalue weighted by atomic mass is 10.0. The van der Waals surface area contributed by atoms with Gasteiger partial charge in [0.1, 0.15) is 0 Å². The van der Waals surface area contributed by atoms with Gasteiger partial charge < -0.3 is 10.2 Å². The molecule has 1 aromatic rings. The zero-order valence-corrected chi connectivity index (χ0v) is 14.2. The van der Waals surface area contributed by atoms with E-state index in [4.69, 9.17) is 0 Å². The lowest BCUT2D eigenvalue weighted by Crippen LogP contribution is -2.42. The molecule has 1 aromatic carbocycles. The first kappa shape index (κ1) is 16.4. The van der Waals surface area contributed by atoms with Crippen LogP contribution in [0.4, 0.5) is 5.69 Å². The zero-order valence-electron chi connectivity index (χ0n) is 13.3. The molecule has 23 heavy (non-hydrogen) atoms. The summed E-state index contributed by atoms with van der Waals surface area (Å²) in [6, 6.07) is 5.09. The van der Waals surface area contributed by atoms with E-state index >= 15 is 0 Å². The molecule has 7 heteroatoms. The number of benzene rings is 1. The van der Waals surface area contributed by atoms with Gasteiger partial charge in [-0.15, -0.1) is 0 Å². The van der Waals surface area contributed by atoms with Crippen LogP contribution in [-0.4, -0.2) is 40.0 Å². The Hall–Kier alpha value is -1.44. The maximum absolute atomic E-state index is 12.6. The third-order valence-corrected chi connectivity index (χ3v) is 6.04. The van der Waals surface area contributed by atoms with Crippen LogP contribution >= 0.6 is 0 Å². The van der Waals surface area contributed by atoms with E-state index in [1.165, 1.54) is 6.92 Å². The van der Waals surface area contributed by atoms with E-state index in [-0.39, 0.29) is 16.8 Å². The number of hydrogen-bond acceptors (Lipinski definition) is 4. The van der Waals surface area contributed by atoms with Crippen LogP contribution in [0.25, 0.3) is 0 Å². The third kappa shape index (κ3) is 3.57. The maximum Gasteiger partial charge on any atom is 0.240 e. The van der Waals surface area contributed by atoms with E-state index in [9.17, 15) is 13.2 Å². The van der Waals surface area contributed by atoms with Crippen LogP contribution in [0.2, 0.25) is 0 Å². The summed E-state index contributed by atoms with van der Waals surface area (Å²) in [6.07, 6.45) is 3.38. The van der Waals surface area contributed by atoms with E-state index in [0.717, 1.165) is 50.0 Å². The minimum absolute atomic E-state index is 0.0267. The van der Waals surface area contributed by atoms with Gasteiger partial charge in [-0.2, -0.15) is 0 Å². The third-order valence-electron chi connectivity index (χ3n) is 4.53. The van der Waals surface area contributed by atoms with E-state index in [2.05, 4.69) is 10.0 Å². The van der Waals surface area contributed by atoms with E-state index in [0.29, 0.717) is 6.54 Å². The summed E-state index contributed by atoms with van der Waals surface area (Å²) in [7, 11) is -3.56. The molecular weight excluding hydrogens is 314 g/mol. The van der Waals surface area contributed by atoms with Gasteiger partial charge in [-0.05, 0) is 56.5 Å². The number of carbonyl (C=O) groups excluding carboxylic acids is 1. The van der Waals surface area contributed by atoms with Crippen molar-refractivity contribution in [3.8, 4) is 0 Å². The highest BCUT2D eigenvalue weighted by atomic mass is 32.2. The van der Waals surface area contributed by atoms with Crippen LogP contribution in [-0.2, 0) is 21.2 Å². The van der Waals surface area contributed by atoms with Gasteiger partial charge in [0, 0.05) is 25.2 Å². The first-order valence-corrected chi connectivity index (χ1v) is 9.60. The molecule has 6 nitrogen and oxygen atoms in total. The highest BCUT2D eigenvalue weighted by Gasteiger charge is 2.25. The lowest BCUT2D eigenvalue weighted by Gasteiger charge is -2.29. The maximum atomic E-state index is 12.6. The highest BCUT2D eigenvalue weighted by molar-refractivity contribution is 7.89. The molecule has 0 spiro atoms. The quantitative estimate of drug-likeness (QED) is 0.863. The summed E-state index contributed by atoms with van der Waals surface area (Å²) in [6.45, 7) is 3.82. The van der Waals surface area contributed by atoms with Gasteiger partial charge in [0.25, 0.3) is 0 Å². The van der Waals surface area contributed by atoms with Crippen molar-refractivity contribution in [2.45, 2.75) is 43.5 Å². The van der Waals surface area contributed by atoms with Crippen molar-refractivity contribution in [3.63, 3.8) is 0 Å². The van der Waals surface area contributed by atoms with Crippen LogP contribution in [0.5, 0.6) is 0 Å². The Labute approximate surface area is 137 Å². The number of fused-ring (bicyclic) bond motifs is 1. The molecule has 2 aliphatic rings. The van der Waals surface area contributed by atoms with Crippen LogP contribution < -0.4 is 14.9 Å². The molecule has 0 aliphatic carbocycles. The largest absolute Gasteiger partial charge is 0.317 e. The van der Waals surface area contributed by atoms with E-state index < -0.39 is 10.0 Å². The van der Waals surface area contributed by atoms with Crippen LogP contribution in [0.15, 0.2) is 23.1 Å². The summed E-state index contributed by atoms with van der Waals surface area (Å²) < 4.78 is 28.0. The highest BCUT2D eigenvalue weighted by Crippen LogP contribution is 2.30. The summed E-state index contributed by atoms with van der Waals surface area (Å²) in [5, 5.41) is 3.22. The second-order valence-electron chi connectivity index (χ2n) is 6.21. The molecule has 1 saturated heterocycles. The normalized spacial score (nSPS) is 19.4. The van der Waals surface area contributed by atoms with Gasteiger partial charge in [0.15, 0.2) is 0 Å². The van der Waals surface area contributed by atoms with Crippen molar-refractivity contribution in [1.29, 1.82) is 0 Å². The number of carbonyl (C=O) groups is 1. The number of piperidine rings is 1. The molecule has 0 bridgehead atoms. The molecule has 0 unspecified atom stereocenters. The average molecular weight is 337 g/mol. The smallest absolute Gasteiger partial charge is 0.240 e. The topological polar surface area (TPSA) is 78.5 Å². The SMILES string of the molecule is CC(=O)N1CCCc2ccc(S(=O)(=O)NC3CCNCC3)cc21. The molecule has 0 atom stereocenters. The van der Waals surface area contributed by atoms with E-state index in [1.807, 2.05) is 6.07 Å². The number of nitrogens with zero attached hydrogens (tertiary/aromatic N) is 1. The number of aryl methyl sites for hydroxylation is 1. The minimum Gasteiger partial charge on any atom is -0.317 e. The summed E-state index contributed by atoms with van der Waals surface area (Å²) in [5.74, 6) is -0.0492.